The summed E-state index contributed by atoms with van der Waals surface area (Å²) in [6.07, 6.45) is -4.50. The number of carbonyl (C=O) groups is 2. The molecule has 2 N–H and O–H groups in total. The zero-order valence-corrected chi connectivity index (χ0v) is 12.2. The lowest BCUT2D eigenvalue weighted by atomic mass is 10.1. The third kappa shape index (κ3) is 6.11. The fraction of sp³-hybridized carbons (Fsp3) is 0.429. The van der Waals surface area contributed by atoms with Crippen LogP contribution in [0.3, 0.4) is 0 Å². The van der Waals surface area contributed by atoms with Crippen LogP contribution in [0.1, 0.15) is 12.0 Å². The predicted molar refractivity (Wildman–Crippen MR) is 71.1 cm³/mol. The van der Waals surface area contributed by atoms with Gasteiger partial charge in [0.25, 0.3) is 0 Å². The first kappa shape index (κ1) is 19.8. The topological polar surface area (TPSA) is 77.8 Å². The van der Waals surface area contributed by atoms with E-state index in [2.05, 4.69) is 0 Å². The highest BCUT2D eigenvalue weighted by Gasteiger charge is 2.38. The first-order valence-electron chi connectivity index (χ1n) is 6.70. The van der Waals surface area contributed by atoms with Crippen LogP contribution in [0.25, 0.3) is 0 Å². The van der Waals surface area contributed by atoms with Crippen LogP contribution in [0.4, 0.5) is 22.0 Å². The molecule has 5 nitrogen and oxygen atoms in total. The predicted octanol–water partition coefficient (Wildman–Crippen LogP) is 2.50. The van der Waals surface area contributed by atoms with E-state index < -0.39 is 29.7 Å². The minimum atomic E-state index is -5.08. The van der Waals surface area contributed by atoms with Crippen LogP contribution in [0.2, 0.25) is 0 Å². The Bertz CT molecular complexity index is 605. The van der Waals surface area contributed by atoms with Crippen molar-refractivity contribution in [3.63, 3.8) is 0 Å². The highest BCUT2D eigenvalue weighted by Crippen LogP contribution is 2.20. The fourth-order valence-electron chi connectivity index (χ4n) is 2.07. The molecule has 1 aromatic carbocycles. The molecule has 0 bridgehead atoms. The number of halogens is 5. The molecule has 0 aromatic heterocycles. The Kier molecular flexibility index (Phi) is 6.64. The Labute approximate surface area is 133 Å². The van der Waals surface area contributed by atoms with Crippen LogP contribution in [0.5, 0.6) is 0 Å². The fourth-order valence-corrected chi connectivity index (χ4v) is 2.07. The summed E-state index contributed by atoms with van der Waals surface area (Å²) in [5.74, 6) is -5.13. The molecule has 2 rings (SSSR count). The number of aliphatic carboxylic acids is 2. The van der Waals surface area contributed by atoms with Gasteiger partial charge in [0.1, 0.15) is 11.6 Å². The van der Waals surface area contributed by atoms with Crippen LogP contribution in [0, 0.1) is 17.6 Å². The number of carboxylic acids is 2. The van der Waals surface area contributed by atoms with Gasteiger partial charge in [-0.15, -0.1) is 0 Å². The summed E-state index contributed by atoms with van der Waals surface area (Å²) in [6, 6.07) is 3.46. The van der Waals surface area contributed by atoms with Crippen molar-refractivity contribution >= 4 is 11.9 Å². The maximum Gasteiger partial charge on any atom is 0.490 e. The average Bonchev–Trinajstić information content (AvgIpc) is 2.90. The zero-order chi connectivity index (χ0) is 18.5. The van der Waals surface area contributed by atoms with E-state index in [-0.39, 0.29) is 5.92 Å². The van der Waals surface area contributed by atoms with Crippen LogP contribution < -0.4 is 0 Å². The Morgan fingerprint density at radius 3 is 2.21 bits per heavy atom. The van der Waals surface area contributed by atoms with Gasteiger partial charge in [0, 0.05) is 24.7 Å². The SMILES string of the molecule is O=C(O)C(F)(F)F.O=C(O)C1CCN(Cc2ccc(F)cc2F)C1. The molecule has 0 radical (unpaired) electrons. The lowest BCUT2D eigenvalue weighted by molar-refractivity contribution is -0.192. The molecule has 0 aliphatic carbocycles. The molecule has 0 amide bonds. The third-order valence-corrected chi connectivity index (χ3v) is 3.27. The summed E-state index contributed by atoms with van der Waals surface area (Å²) < 4.78 is 57.8. The van der Waals surface area contributed by atoms with Crippen LogP contribution >= 0.6 is 0 Å². The quantitative estimate of drug-likeness (QED) is 0.815. The first-order valence-corrected chi connectivity index (χ1v) is 6.70. The Balaban J connectivity index is 0.000000351. The Hall–Kier alpha value is -2.23. The van der Waals surface area contributed by atoms with Crippen LogP contribution in [-0.2, 0) is 16.1 Å². The van der Waals surface area contributed by atoms with Gasteiger partial charge in [-0.25, -0.2) is 13.6 Å². The molecule has 24 heavy (non-hydrogen) atoms. The number of benzene rings is 1. The van der Waals surface area contributed by atoms with Gasteiger partial charge in [-0.3, -0.25) is 9.69 Å². The van der Waals surface area contributed by atoms with Crippen molar-refractivity contribution in [2.45, 2.75) is 19.1 Å². The summed E-state index contributed by atoms with van der Waals surface area (Å²) >= 11 is 0. The Morgan fingerprint density at radius 2 is 1.79 bits per heavy atom. The number of alkyl halides is 3. The number of carboxylic acid groups (broad SMARTS) is 2. The van der Waals surface area contributed by atoms with E-state index in [4.69, 9.17) is 15.0 Å². The largest absolute Gasteiger partial charge is 0.490 e. The molecule has 0 spiro atoms. The van der Waals surface area contributed by atoms with Crippen LogP contribution in [0.15, 0.2) is 18.2 Å². The second-order valence-corrected chi connectivity index (χ2v) is 5.10. The van der Waals surface area contributed by atoms with Gasteiger partial charge in [-0.1, -0.05) is 6.07 Å². The molecule has 1 atom stereocenters. The van der Waals surface area contributed by atoms with E-state index in [0.29, 0.717) is 31.6 Å². The number of nitrogens with zero attached hydrogens (tertiary/aromatic N) is 1. The summed E-state index contributed by atoms with van der Waals surface area (Å²) in [6.45, 7) is 1.38. The summed E-state index contributed by atoms with van der Waals surface area (Å²) in [7, 11) is 0. The lowest BCUT2D eigenvalue weighted by Gasteiger charge is -2.15. The monoisotopic (exact) mass is 355 g/mol. The van der Waals surface area contributed by atoms with Crippen molar-refractivity contribution in [1.29, 1.82) is 0 Å². The summed E-state index contributed by atoms with van der Waals surface area (Å²) in [5, 5.41) is 16.0. The highest BCUT2D eigenvalue weighted by atomic mass is 19.4. The molecule has 1 aliphatic heterocycles. The lowest BCUT2D eigenvalue weighted by Crippen LogP contribution is -2.23. The second-order valence-electron chi connectivity index (χ2n) is 5.10. The smallest absolute Gasteiger partial charge is 0.481 e. The van der Waals surface area contributed by atoms with E-state index >= 15 is 0 Å². The molecule has 1 fully saturated rings. The van der Waals surface area contributed by atoms with E-state index in [1.807, 2.05) is 4.90 Å². The molecule has 134 valence electrons. The Morgan fingerprint density at radius 1 is 1.21 bits per heavy atom. The van der Waals surface area contributed by atoms with Gasteiger partial charge in [0.05, 0.1) is 5.92 Å². The molecular weight excluding hydrogens is 341 g/mol. The number of rotatable bonds is 3. The number of likely N-dealkylation sites (tertiary alicyclic amines) is 1. The van der Waals surface area contributed by atoms with E-state index in [9.17, 15) is 26.7 Å². The maximum absolute atomic E-state index is 13.4. The summed E-state index contributed by atoms with van der Waals surface area (Å²) in [4.78, 5) is 21.5. The van der Waals surface area contributed by atoms with Crippen molar-refractivity contribution < 1.29 is 41.8 Å². The third-order valence-electron chi connectivity index (χ3n) is 3.27. The molecule has 0 saturated carbocycles. The molecular formula is C14H14F5NO4. The van der Waals surface area contributed by atoms with Gasteiger partial charge < -0.3 is 10.2 Å². The highest BCUT2D eigenvalue weighted by molar-refractivity contribution is 5.73. The van der Waals surface area contributed by atoms with Gasteiger partial charge in [-0.05, 0) is 19.0 Å². The minimum absolute atomic E-state index is 0.329. The van der Waals surface area contributed by atoms with Gasteiger partial charge in [0.2, 0.25) is 0 Å². The number of hydrogen-bond donors (Lipinski definition) is 2. The van der Waals surface area contributed by atoms with E-state index in [1.54, 1.807) is 0 Å². The van der Waals surface area contributed by atoms with Crippen molar-refractivity contribution in [2.24, 2.45) is 5.92 Å². The molecule has 10 heteroatoms. The van der Waals surface area contributed by atoms with Gasteiger partial charge in [0.15, 0.2) is 0 Å². The minimum Gasteiger partial charge on any atom is -0.481 e. The standard InChI is InChI=1S/C12H13F2NO2.C2HF3O2/c13-10-2-1-8(11(14)5-10)6-15-4-3-9(7-15)12(16)17;3-2(4,5)1(6)7/h1-2,5,9H,3-4,6-7H2,(H,16,17);(H,6,7). The number of hydrogen-bond acceptors (Lipinski definition) is 3. The van der Waals surface area contributed by atoms with Crippen molar-refractivity contribution in [3.8, 4) is 0 Å². The van der Waals surface area contributed by atoms with Crippen LogP contribution in [-0.4, -0.2) is 46.3 Å². The average molecular weight is 355 g/mol. The second kappa shape index (κ2) is 8.04. The molecule has 1 saturated heterocycles. The van der Waals surface area contributed by atoms with Gasteiger partial charge >= 0.3 is 18.1 Å². The molecule has 1 unspecified atom stereocenters. The molecule has 1 aliphatic rings. The maximum atomic E-state index is 13.4. The molecule has 1 aromatic rings. The van der Waals surface area contributed by atoms with E-state index in [0.717, 1.165) is 6.07 Å². The molecule has 1 heterocycles. The van der Waals surface area contributed by atoms with E-state index in [1.165, 1.54) is 12.1 Å². The summed E-state index contributed by atoms with van der Waals surface area (Å²) in [5.41, 5.74) is 0.400. The van der Waals surface area contributed by atoms with Crippen molar-refractivity contribution in [1.82, 2.24) is 4.90 Å². The first-order chi connectivity index (χ1) is 11.0. The van der Waals surface area contributed by atoms with Crippen molar-refractivity contribution in [3.05, 3.63) is 35.4 Å². The normalized spacial score (nSPS) is 18.0. The van der Waals surface area contributed by atoms with Gasteiger partial charge in [-0.2, -0.15) is 13.2 Å². The van der Waals surface area contributed by atoms with Crippen molar-refractivity contribution in [2.75, 3.05) is 13.1 Å². The zero-order valence-electron chi connectivity index (χ0n) is 12.2.